The molecule has 1 N–H and O–H groups in total. The maximum atomic E-state index is 3.42. The van der Waals surface area contributed by atoms with Crippen LogP contribution in [0.2, 0.25) is 0 Å². The second kappa shape index (κ2) is 5.92. The molecule has 0 radical (unpaired) electrons. The predicted molar refractivity (Wildman–Crippen MR) is 62.4 cm³/mol. The zero-order valence-electron chi connectivity index (χ0n) is 9.18. The van der Waals surface area contributed by atoms with Gasteiger partial charge in [-0.15, -0.1) is 0 Å². The van der Waals surface area contributed by atoms with Crippen molar-refractivity contribution < 1.29 is 0 Å². The summed E-state index contributed by atoms with van der Waals surface area (Å²) in [6.45, 7) is 9.47. The molecule has 0 aromatic carbocycles. The highest BCUT2D eigenvalue weighted by Gasteiger charge is 2.15. The van der Waals surface area contributed by atoms with Crippen LogP contribution in [0.1, 0.15) is 33.6 Å². The summed E-state index contributed by atoms with van der Waals surface area (Å²) in [7, 11) is 0. The van der Waals surface area contributed by atoms with Crippen molar-refractivity contribution in [1.29, 1.82) is 0 Å². The second-order valence-corrected chi connectivity index (χ2v) is 5.89. The summed E-state index contributed by atoms with van der Waals surface area (Å²) in [5.74, 6) is 3.18. The molecule has 0 amide bonds. The molecule has 0 aromatic heterocycles. The largest absolute Gasteiger partial charge is 0.317 e. The molecule has 1 aliphatic heterocycles. The first-order valence-electron chi connectivity index (χ1n) is 5.52. The predicted octanol–water partition coefficient (Wildman–Crippen LogP) is 2.76. The zero-order valence-corrected chi connectivity index (χ0v) is 9.99. The summed E-state index contributed by atoms with van der Waals surface area (Å²) >= 11 is 2.16. The van der Waals surface area contributed by atoms with Gasteiger partial charge in [0, 0.05) is 5.25 Å². The van der Waals surface area contributed by atoms with Crippen LogP contribution in [0.25, 0.3) is 0 Å². The molecule has 1 fully saturated rings. The van der Waals surface area contributed by atoms with Gasteiger partial charge in [-0.25, -0.2) is 0 Å². The summed E-state index contributed by atoms with van der Waals surface area (Å²) in [6.07, 6.45) is 2.77. The molecule has 1 heterocycles. The SMILES string of the molecule is CC(C)C(C)SCC1CCNCC1. The van der Waals surface area contributed by atoms with Crippen molar-refractivity contribution in [2.24, 2.45) is 11.8 Å². The minimum atomic E-state index is 0.826. The summed E-state index contributed by atoms with van der Waals surface area (Å²) in [5, 5.41) is 4.24. The molecule has 0 spiro atoms. The van der Waals surface area contributed by atoms with E-state index in [9.17, 15) is 0 Å². The molecule has 2 heteroatoms. The lowest BCUT2D eigenvalue weighted by Crippen LogP contribution is -2.29. The standard InChI is InChI=1S/C11H23NS/c1-9(2)10(3)13-8-11-4-6-12-7-5-11/h9-12H,4-8H2,1-3H3. The van der Waals surface area contributed by atoms with E-state index < -0.39 is 0 Å². The molecule has 1 rings (SSSR count). The van der Waals surface area contributed by atoms with Gasteiger partial charge in [0.15, 0.2) is 0 Å². The van der Waals surface area contributed by atoms with Crippen LogP contribution < -0.4 is 5.32 Å². The van der Waals surface area contributed by atoms with Crippen LogP contribution in [0.4, 0.5) is 0 Å². The lowest BCUT2D eigenvalue weighted by atomic mass is 10.0. The smallest absolute Gasteiger partial charge is 0.00418 e. The maximum absolute atomic E-state index is 3.42. The summed E-state index contributed by atoms with van der Waals surface area (Å²) in [5.41, 5.74) is 0. The first kappa shape index (κ1) is 11.4. The number of hydrogen-bond donors (Lipinski definition) is 1. The highest BCUT2D eigenvalue weighted by Crippen LogP contribution is 2.24. The Morgan fingerprint density at radius 3 is 2.38 bits per heavy atom. The normalized spacial score (nSPS) is 22.2. The van der Waals surface area contributed by atoms with Gasteiger partial charge in [0.2, 0.25) is 0 Å². The first-order chi connectivity index (χ1) is 6.20. The molecule has 0 aliphatic carbocycles. The van der Waals surface area contributed by atoms with Gasteiger partial charge in [-0.3, -0.25) is 0 Å². The van der Waals surface area contributed by atoms with Gasteiger partial charge in [-0.2, -0.15) is 11.8 Å². The lowest BCUT2D eigenvalue weighted by molar-refractivity contribution is 0.407. The number of rotatable bonds is 4. The number of hydrogen-bond acceptors (Lipinski definition) is 2. The summed E-state index contributed by atoms with van der Waals surface area (Å²) in [4.78, 5) is 0. The van der Waals surface area contributed by atoms with E-state index in [2.05, 4.69) is 37.8 Å². The van der Waals surface area contributed by atoms with Gasteiger partial charge in [-0.05, 0) is 43.5 Å². The fraction of sp³-hybridized carbons (Fsp3) is 1.00. The molecule has 0 saturated carbocycles. The van der Waals surface area contributed by atoms with Gasteiger partial charge in [0.05, 0.1) is 0 Å². The van der Waals surface area contributed by atoms with E-state index in [4.69, 9.17) is 0 Å². The minimum Gasteiger partial charge on any atom is -0.317 e. The highest BCUT2D eigenvalue weighted by molar-refractivity contribution is 7.99. The van der Waals surface area contributed by atoms with Crippen molar-refractivity contribution >= 4 is 11.8 Å². The fourth-order valence-corrected chi connectivity index (χ4v) is 2.82. The van der Waals surface area contributed by atoms with Crippen molar-refractivity contribution in [3.05, 3.63) is 0 Å². The Morgan fingerprint density at radius 1 is 1.23 bits per heavy atom. The Balaban J connectivity index is 2.10. The maximum Gasteiger partial charge on any atom is 0.00418 e. The number of piperidine rings is 1. The van der Waals surface area contributed by atoms with Crippen molar-refractivity contribution in [2.75, 3.05) is 18.8 Å². The second-order valence-electron chi connectivity index (χ2n) is 4.48. The Hall–Kier alpha value is 0.310. The van der Waals surface area contributed by atoms with Crippen LogP contribution in [0.5, 0.6) is 0 Å². The third-order valence-corrected chi connectivity index (χ3v) is 4.73. The van der Waals surface area contributed by atoms with E-state index in [1.165, 1.54) is 31.7 Å². The van der Waals surface area contributed by atoms with Crippen molar-refractivity contribution in [3.8, 4) is 0 Å². The third-order valence-electron chi connectivity index (χ3n) is 2.99. The van der Waals surface area contributed by atoms with Crippen LogP contribution in [-0.2, 0) is 0 Å². The Bertz CT molecular complexity index is 130. The zero-order chi connectivity index (χ0) is 9.68. The van der Waals surface area contributed by atoms with Gasteiger partial charge in [0.1, 0.15) is 0 Å². The van der Waals surface area contributed by atoms with E-state index in [1.807, 2.05) is 0 Å². The first-order valence-corrected chi connectivity index (χ1v) is 6.57. The van der Waals surface area contributed by atoms with Crippen LogP contribution in [0, 0.1) is 11.8 Å². The van der Waals surface area contributed by atoms with E-state index >= 15 is 0 Å². The van der Waals surface area contributed by atoms with E-state index in [0.29, 0.717) is 0 Å². The molecule has 1 saturated heterocycles. The van der Waals surface area contributed by atoms with E-state index in [0.717, 1.165) is 17.1 Å². The molecular formula is C11H23NS. The van der Waals surface area contributed by atoms with Crippen LogP contribution in [0.3, 0.4) is 0 Å². The summed E-state index contributed by atoms with van der Waals surface area (Å²) < 4.78 is 0. The Morgan fingerprint density at radius 2 is 1.85 bits per heavy atom. The minimum absolute atomic E-state index is 0.826. The molecule has 78 valence electrons. The molecule has 1 nitrogen and oxygen atoms in total. The van der Waals surface area contributed by atoms with E-state index in [-0.39, 0.29) is 0 Å². The fourth-order valence-electron chi connectivity index (χ4n) is 1.53. The Labute approximate surface area is 87.1 Å². The molecular weight excluding hydrogens is 178 g/mol. The third kappa shape index (κ3) is 4.37. The average Bonchev–Trinajstić information content (AvgIpc) is 2.15. The monoisotopic (exact) mass is 201 g/mol. The molecule has 13 heavy (non-hydrogen) atoms. The lowest BCUT2D eigenvalue weighted by Gasteiger charge is -2.24. The topological polar surface area (TPSA) is 12.0 Å². The molecule has 0 bridgehead atoms. The van der Waals surface area contributed by atoms with Gasteiger partial charge >= 0.3 is 0 Å². The van der Waals surface area contributed by atoms with Crippen molar-refractivity contribution in [3.63, 3.8) is 0 Å². The van der Waals surface area contributed by atoms with Crippen LogP contribution in [-0.4, -0.2) is 24.1 Å². The molecule has 1 unspecified atom stereocenters. The van der Waals surface area contributed by atoms with Crippen molar-refractivity contribution in [1.82, 2.24) is 5.32 Å². The van der Waals surface area contributed by atoms with Crippen LogP contribution >= 0.6 is 11.8 Å². The highest BCUT2D eigenvalue weighted by atomic mass is 32.2. The van der Waals surface area contributed by atoms with Crippen LogP contribution in [0.15, 0.2) is 0 Å². The van der Waals surface area contributed by atoms with Gasteiger partial charge in [-0.1, -0.05) is 20.8 Å². The quantitative estimate of drug-likeness (QED) is 0.750. The van der Waals surface area contributed by atoms with Gasteiger partial charge in [0.25, 0.3) is 0 Å². The van der Waals surface area contributed by atoms with Gasteiger partial charge < -0.3 is 5.32 Å². The molecule has 0 aromatic rings. The van der Waals surface area contributed by atoms with Crippen molar-refractivity contribution in [2.45, 2.75) is 38.9 Å². The van der Waals surface area contributed by atoms with E-state index in [1.54, 1.807) is 0 Å². The number of thioether (sulfide) groups is 1. The molecule has 1 aliphatic rings. The summed E-state index contributed by atoms with van der Waals surface area (Å²) in [6, 6.07) is 0. The average molecular weight is 201 g/mol. The Kier molecular flexibility index (Phi) is 5.18. The molecule has 1 atom stereocenters. The number of nitrogens with one attached hydrogen (secondary N) is 1.